The Kier molecular flexibility index (Phi) is 8.27. The van der Waals surface area contributed by atoms with Crippen molar-refractivity contribution in [3.63, 3.8) is 0 Å². The van der Waals surface area contributed by atoms with E-state index in [-0.39, 0.29) is 31.5 Å². The van der Waals surface area contributed by atoms with Crippen molar-refractivity contribution in [2.45, 2.75) is 31.8 Å². The Bertz CT molecular complexity index is 720. The van der Waals surface area contributed by atoms with Crippen LogP contribution in [0.5, 0.6) is 0 Å². The van der Waals surface area contributed by atoms with E-state index in [0.717, 1.165) is 5.56 Å². The van der Waals surface area contributed by atoms with Gasteiger partial charge in [0.25, 0.3) is 0 Å². The summed E-state index contributed by atoms with van der Waals surface area (Å²) >= 11 is 0. The van der Waals surface area contributed by atoms with E-state index in [2.05, 4.69) is 10.1 Å². The number of alkyl halides is 3. The number of ether oxygens (including phenoxy) is 1. The fourth-order valence-electron chi connectivity index (χ4n) is 2.32. The molecule has 0 aliphatic rings. The van der Waals surface area contributed by atoms with Gasteiger partial charge in [-0.15, -0.1) is 12.4 Å². The molecule has 0 saturated heterocycles. The van der Waals surface area contributed by atoms with E-state index in [4.69, 9.17) is 5.73 Å². The summed E-state index contributed by atoms with van der Waals surface area (Å²) in [4.78, 5) is 12.4. The first-order valence-electron chi connectivity index (χ1n) is 8.03. The number of rotatable bonds is 7. The summed E-state index contributed by atoms with van der Waals surface area (Å²) in [6, 6.07) is 15.8. The lowest BCUT2D eigenvalue weighted by Gasteiger charge is -2.24. The highest BCUT2D eigenvalue weighted by atomic mass is 35.5. The Hall–Kier alpha value is -2.09. The Balaban J connectivity index is 0.00000364. The molecule has 2 rings (SSSR count). The zero-order chi connectivity index (χ0) is 19.2. The maximum absolute atomic E-state index is 12.4. The Morgan fingerprint density at radius 3 is 2.15 bits per heavy atom. The second-order valence-corrected chi connectivity index (χ2v) is 6.18. The van der Waals surface area contributed by atoms with Gasteiger partial charge in [0, 0.05) is 6.54 Å². The summed E-state index contributed by atoms with van der Waals surface area (Å²) in [7, 11) is 0. The second-order valence-electron chi connectivity index (χ2n) is 6.18. The van der Waals surface area contributed by atoms with Gasteiger partial charge in [0.15, 0.2) is 0 Å². The number of nitrogens with two attached hydrogens (primary N) is 1. The van der Waals surface area contributed by atoms with Crippen molar-refractivity contribution in [2.24, 2.45) is 5.73 Å². The van der Waals surface area contributed by atoms with E-state index in [1.165, 1.54) is 0 Å². The van der Waals surface area contributed by atoms with Gasteiger partial charge < -0.3 is 15.8 Å². The minimum absolute atomic E-state index is 0. The fraction of sp³-hybridized carbons (Fsp3) is 0.316. The molecule has 0 heterocycles. The van der Waals surface area contributed by atoms with Crippen LogP contribution in [0.25, 0.3) is 0 Å². The van der Waals surface area contributed by atoms with Crippen molar-refractivity contribution < 1.29 is 22.7 Å². The molecule has 0 radical (unpaired) electrons. The summed E-state index contributed by atoms with van der Waals surface area (Å²) in [6.07, 6.45) is -4.34. The topological polar surface area (TPSA) is 64.4 Å². The lowest BCUT2D eigenvalue weighted by molar-refractivity contribution is -0.176. The first-order valence-corrected chi connectivity index (χ1v) is 8.03. The molecule has 0 fully saturated rings. The average Bonchev–Trinajstić information content (AvgIpc) is 2.60. The van der Waals surface area contributed by atoms with Crippen LogP contribution in [0.2, 0.25) is 0 Å². The van der Waals surface area contributed by atoms with Crippen LogP contribution in [0.3, 0.4) is 0 Å². The summed E-state index contributed by atoms with van der Waals surface area (Å²) in [5.41, 5.74) is 7.11. The van der Waals surface area contributed by atoms with Crippen LogP contribution in [-0.2, 0) is 28.2 Å². The molecule has 4 nitrogen and oxygen atoms in total. The first kappa shape index (κ1) is 23.0. The predicted molar refractivity (Wildman–Crippen MR) is 99.2 cm³/mol. The van der Waals surface area contributed by atoms with Crippen LogP contribution in [0, 0.1) is 0 Å². The normalized spacial score (nSPS) is 13.4. The van der Waals surface area contributed by atoms with E-state index in [1.807, 2.05) is 18.2 Å². The quantitative estimate of drug-likeness (QED) is 0.742. The molecule has 1 atom stereocenters. The number of carbonyl (C=O) groups excluding carboxylic acids is 1. The van der Waals surface area contributed by atoms with Gasteiger partial charge in [-0.2, -0.15) is 13.2 Å². The minimum Gasteiger partial charge on any atom is -0.367 e. The van der Waals surface area contributed by atoms with E-state index in [1.54, 1.807) is 43.3 Å². The number of hydrogen-bond acceptors (Lipinski definition) is 3. The summed E-state index contributed by atoms with van der Waals surface area (Å²) in [5, 5.41) is 2.78. The number of hydrogen-bond donors (Lipinski definition) is 2. The van der Waals surface area contributed by atoms with Crippen molar-refractivity contribution in [2.75, 3.05) is 6.61 Å². The van der Waals surface area contributed by atoms with Crippen LogP contribution < -0.4 is 11.1 Å². The molecule has 27 heavy (non-hydrogen) atoms. The van der Waals surface area contributed by atoms with Crippen LogP contribution in [0.15, 0.2) is 54.6 Å². The molecule has 0 bridgehead atoms. The zero-order valence-corrected chi connectivity index (χ0v) is 15.6. The summed E-state index contributed by atoms with van der Waals surface area (Å²) in [5.74, 6) is -0.318. The lowest BCUT2D eigenvalue weighted by atomic mass is 9.92. The first-order chi connectivity index (χ1) is 12.2. The molecule has 1 amide bonds. The number of benzene rings is 2. The van der Waals surface area contributed by atoms with Crippen molar-refractivity contribution in [3.8, 4) is 0 Å². The van der Waals surface area contributed by atoms with Gasteiger partial charge in [0.05, 0.1) is 6.61 Å². The van der Waals surface area contributed by atoms with Crippen molar-refractivity contribution in [3.05, 3.63) is 71.3 Å². The van der Waals surface area contributed by atoms with Crippen LogP contribution >= 0.6 is 12.4 Å². The average molecular weight is 403 g/mol. The number of carbonyl (C=O) groups is 1. The number of amides is 1. The molecule has 148 valence electrons. The molecule has 0 aromatic heterocycles. The maximum atomic E-state index is 12.4. The molecule has 0 saturated carbocycles. The third kappa shape index (κ3) is 7.21. The van der Waals surface area contributed by atoms with Crippen molar-refractivity contribution in [1.29, 1.82) is 0 Å². The van der Waals surface area contributed by atoms with Gasteiger partial charge in [-0.1, -0.05) is 54.6 Å². The van der Waals surface area contributed by atoms with E-state index < -0.39 is 18.3 Å². The lowest BCUT2D eigenvalue weighted by Crippen LogP contribution is -2.48. The molecule has 8 heteroatoms. The predicted octanol–water partition coefficient (Wildman–Crippen LogP) is 3.68. The molecular weight excluding hydrogens is 381 g/mol. The molecule has 1 unspecified atom stereocenters. The molecule has 2 aromatic rings. The summed E-state index contributed by atoms with van der Waals surface area (Å²) < 4.78 is 40.7. The van der Waals surface area contributed by atoms with Crippen molar-refractivity contribution in [1.82, 2.24) is 5.32 Å². The maximum Gasteiger partial charge on any atom is 0.411 e. The number of halogens is 4. The SMILES string of the molecule is CC(N)(C(=O)NCc1ccc(COCC(F)(F)F)cc1)c1ccccc1.Cl. The Morgan fingerprint density at radius 2 is 1.59 bits per heavy atom. The third-order valence-electron chi connectivity index (χ3n) is 3.86. The van der Waals surface area contributed by atoms with E-state index >= 15 is 0 Å². The molecule has 0 aliphatic heterocycles. The molecule has 0 aliphatic carbocycles. The van der Waals surface area contributed by atoms with Crippen LogP contribution in [0.4, 0.5) is 13.2 Å². The fourth-order valence-corrected chi connectivity index (χ4v) is 2.32. The Morgan fingerprint density at radius 1 is 1.04 bits per heavy atom. The smallest absolute Gasteiger partial charge is 0.367 e. The van der Waals surface area contributed by atoms with Gasteiger partial charge >= 0.3 is 6.18 Å². The van der Waals surface area contributed by atoms with Gasteiger partial charge in [-0.05, 0) is 23.6 Å². The Labute approximate surface area is 162 Å². The third-order valence-corrected chi connectivity index (χ3v) is 3.86. The molecular formula is C19H22ClF3N2O2. The van der Waals surface area contributed by atoms with Gasteiger partial charge in [-0.25, -0.2) is 0 Å². The summed E-state index contributed by atoms with van der Waals surface area (Å²) in [6.45, 7) is 0.501. The van der Waals surface area contributed by atoms with Gasteiger partial charge in [-0.3, -0.25) is 4.79 Å². The zero-order valence-electron chi connectivity index (χ0n) is 14.8. The van der Waals surface area contributed by atoms with Gasteiger partial charge in [0.2, 0.25) is 5.91 Å². The highest BCUT2D eigenvalue weighted by molar-refractivity contribution is 5.87. The monoisotopic (exact) mass is 402 g/mol. The van der Waals surface area contributed by atoms with E-state index in [9.17, 15) is 18.0 Å². The van der Waals surface area contributed by atoms with Crippen LogP contribution in [-0.4, -0.2) is 18.7 Å². The van der Waals surface area contributed by atoms with Gasteiger partial charge in [0.1, 0.15) is 12.1 Å². The standard InChI is InChI=1S/C19H21F3N2O2.ClH/c1-18(23,16-5-3-2-4-6-16)17(25)24-11-14-7-9-15(10-8-14)12-26-13-19(20,21)22;/h2-10H,11-13,23H2,1H3,(H,24,25);1H. The largest absolute Gasteiger partial charge is 0.411 e. The second kappa shape index (κ2) is 9.73. The highest BCUT2D eigenvalue weighted by Crippen LogP contribution is 2.18. The van der Waals surface area contributed by atoms with E-state index in [0.29, 0.717) is 11.1 Å². The van der Waals surface area contributed by atoms with Crippen molar-refractivity contribution >= 4 is 18.3 Å². The molecule has 0 spiro atoms. The highest BCUT2D eigenvalue weighted by Gasteiger charge is 2.30. The molecule has 2 aromatic carbocycles. The van der Waals surface area contributed by atoms with Crippen LogP contribution in [0.1, 0.15) is 23.6 Å². The molecule has 3 N–H and O–H groups in total. The number of nitrogens with one attached hydrogen (secondary N) is 1. The minimum atomic E-state index is -4.34.